The van der Waals surface area contributed by atoms with Crippen LogP contribution in [0.3, 0.4) is 0 Å². The minimum Gasteiger partial charge on any atom is -0.379 e. The van der Waals surface area contributed by atoms with Crippen molar-refractivity contribution in [2.75, 3.05) is 26.3 Å². The molecule has 13 heteroatoms. The lowest BCUT2D eigenvalue weighted by Crippen LogP contribution is -2.42. The predicted octanol–water partition coefficient (Wildman–Crippen LogP) is 2.43. The molecule has 0 aliphatic carbocycles. The van der Waals surface area contributed by atoms with Crippen molar-refractivity contribution in [1.29, 1.82) is 0 Å². The molecule has 0 saturated carbocycles. The third-order valence-corrected chi connectivity index (χ3v) is 9.10. The highest BCUT2D eigenvalue weighted by Crippen LogP contribution is 2.36. The number of benzene rings is 3. The number of nitrogens with zero attached hydrogens (tertiary/aromatic N) is 2. The molecule has 0 spiro atoms. The van der Waals surface area contributed by atoms with E-state index in [1.165, 1.54) is 58.9 Å². The molecule has 5 rings (SSSR count). The Kier molecular flexibility index (Phi) is 5.90. The fourth-order valence-electron chi connectivity index (χ4n) is 4.01. The van der Waals surface area contributed by atoms with E-state index in [1.807, 2.05) is 0 Å². The fourth-order valence-corrected chi connectivity index (χ4v) is 6.62. The molecule has 0 radical (unpaired) electrons. The summed E-state index contributed by atoms with van der Waals surface area (Å²) < 4.78 is 63.5. The van der Waals surface area contributed by atoms with E-state index in [0.717, 1.165) is 0 Å². The number of rotatable bonds is 5. The summed E-state index contributed by atoms with van der Waals surface area (Å²) in [6.07, 6.45) is 0. The van der Waals surface area contributed by atoms with Crippen molar-refractivity contribution in [2.45, 2.75) is 9.79 Å². The van der Waals surface area contributed by atoms with Crippen LogP contribution >= 0.6 is 11.6 Å². The molecule has 0 bridgehead atoms. The van der Waals surface area contributed by atoms with Gasteiger partial charge in [-0.25, -0.2) is 8.42 Å². The lowest BCUT2D eigenvalue weighted by Gasteiger charge is -2.28. The first-order valence-electron chi connectivity index (χ1n) is 10.3. The van der Waals surface area contributed by atoms with Gasteiger partial charge in [-0.05, 0) is 42.5 Å². The van der Waals surface area contributed by atoms with Crippen molar-refractivity contribution >= 4 is 54.3 Å². The molecular formula is C22H17ClN2O8S2. The maximum atomic E-state index is 13.3. The van der Waals surface area contributed by atoms with Crippen molar-refractivity contribution in [3.63, 3.8) is 0 Å². The molecule has 10 nitrogen and oxygen atoms in total. The van der Waals surface area contributed by atoms with Gasteiger partial charge in [-0.1, -0.05) is 23.7 Å². The number of amides is 2. The zero-order valence-electron chi connectivity index (χ0n) is 17.9. The van der Waals surface area contributed by atoms with E-state index in [4.69, 9.17) is 20.6 Å². The van der Waals surface area contributed by atoms with Gasteiger partial charge in [-0.2, -0.15) is 12.7 Å². The normalized spacial score (nSPS) is 17.2. The Morgan fingerprint density at radius 3 is 2.11 bits per heavy atom. The highest BCUT2D eigenvalue weighted by atomic mass is 35.5. The molecule has 2 heterocycles. The Bertz CT molecular complexity index is 1560. The number of ether oxygens (including phenoxy) is 1. The molecule has 2 amide bonds. The van der Waals surface area contributed by atoms with Gasteiger partial charge in [0.05, 0.1) is 34.1 Å². The summed E-state index contributed by atoms with van der Waals surface area (Å²) in [5, 5.41) is 0.739. The summed E-state index contributed by atoms with van der Waals surface area (Å²) in [6, 6.07) is 11.8. The molecule has 182 valence electrons. The van der Waals surface area contributed by atoms with E-state index >= 15 is 0 Å². The molecule has 2 aliphatic heterocycles. The summed E-state index contributed by atoms with van der Waals surface area (Å²) >= 11 is 5.79. The topological polar surface area (TPSA) is 127 Å². The zero-order chi connectivity index (χ0) is 25.0. The Morgan fingerprint density at radius 2 is 1.46 bits per heavy atom. The highest BCUT2D eigenvalue weighted by molar-refractivity contribution is 7.89. The molecule has 0 aromatic heterocycles. The maximum Gasteiger partial charge on any atom is 0.318 e. The van der Waals surface area contributed by atoms with Crippen molar-refractivity contribution in [2.24, 2.45) is 0 Å². The average Bonchev–Trinajstić information content (AvgIpc) is 2.85. The van der Waals surface area contributed by atoms with Crippen LogP contribution in [-0.4, -0.2) is 64.3 Å². The molecular weight excluding hydrogens is 520 g/mol. The monoisotopic (exact) mass is 536 g/mol. The van der Waals surface area contributed by atoms with Crippen LogP contribution < -0.4 is 0 Å². The van der Waals surface area contributed by atoms with Crippen LogP contribution in [0.1, 0.15) is 20.7 Å². The predicted molar refractivity (Wildman–Crippen MR) is 124 cm³/mol. The summed E-state index contributed by atoms with van der Waals surface area (Å²) in [7, 11) is -8.49. The average molecular weight is 537 g/mol. The van der Waals surface area contributed by atoms with Crippen LogP contribution in [0.4, 0.5) is 0 Å². The Morgan fingerprint density at radius 1 is 0.829 bits per heavy atom. The van der Waals surface area contributed by atoms with E-state index in [1.54, 1.807) is 0 Å². The van der Waals surface area contributed by atoms with Crippen LogP contribution in [0.2, 0.25) is 5.02 Å². The Hall–Kier alpha value is -2.87. The van der Waals surface area contributed by atoms with Gasteiger partial charge in [0.1, 0.15) is 0 Å². The number of hydrogen-bond acceptors (Lipinski definition) is 8. The molecule has 1 saturated heterocycles. The molecule has 35 heavy (non-hydrogen) atoms. The van der Waals surface area contributed by atoms with Crippen molar-refractivity contribution in [3.8, 4) is 0 Å². The number of carbonyl (C=O) groups is 2. The van der Waals surface area contributed by atoms with Gasteiger partial charge in [-0.15, -0.1) is 9.35 Å². The van der Waals surface area contributed by atoms with Gasteiger partial charge in [0.25, 0.3) is 11.8 Å². The van der Waals surface area contributed by atoms with Crippen LogP contribution in [0, 0.1) is 0 Å². The van der Waals surface area contributed by atoms with Crippen LogP contribution in [0.5, 0.6) is 0 Å². The molecule has 0 atom stereocenters. The minimum atomic E-state index is -4.55. The third-order valence-electron chi connectivity index (χ3n) is 5.69. The number of carbonyl (C=O) groups excluding carboxylic acids is 2. The highest BCUT2D eigenvalue weighted by Gasteiger charge is 2.39. The van der Waals surface area contributed by atoms with Crippen LogP contribution in [0.25, 0.3) is 10.8 Å². The van der Waals surface area contributed by atoms with Gasteiger partial charge in [0.2, 0.25) is 10.0 Å². The molecule has 1 fully saturated rings. The second-order valence-electron chi connectivity index (χ2n) is 7.74. The van der Waals surface area contributed by atoms with Crippen molar-refractivity contribution in [3.05, 3.63) is 70.7 Å². The largest absolute Gasteiger partial charge is 0.379 e. The summed E-state index contributed by atoms with van der Waals surface area (Å²) in [6.45, 7) is 0.859. The van der Waals surface area contributed by atoms with Gasteiger partial charge in [0, 0.05) is 28.9 Å². The number of halogens is 1. The first kappa shape index (κ1) is 23.9. The van der Waals surface area contributed by atoms with Crippen molar-refractivity contribution in [1.82, 2.24) is 9.37 Å². The summed E-state index contributed by atoms with van der Waals surface area (Å²) in [5.41, 5.74) is -0.134. The SMILES string of the molecule is O=C1c2cccc3c(S(=O)(=O)N4CCOCC4)ccc(c23)C(=O)N1OS(=O)(=O)c1ccc(Cl)cc1. The fraction of sp³-hybridized carbons (Fsp3) is 0.182. The van der Waals surface area contributed by atoms with Gasteiger partial charge < -0.3 is 4.74 Å². The van der Waals surface area contributed by atoms with Crippen LogP contribution in [0.15, 0.2) is 64.4 Å². The van der Waals surface area contributed by atoms with Gasteiger partial charge in [0.15, 0.2) is 0 Å². The van der Waals surface area contributed by atoms with Crippen molar-refractivity contribution < 1.29 is 35.4 Å². The smallest absolute Gasteiger partial charge is 0.318 e. The Labute approximate surface area is 205 Å². The summed E-state index contributed by atoms with van der Waals surface area (Å²) in [5.74, 6) is -2.07. The number of hydrogen-bond donors (Lipinski definition) is 0. The van der Waals surface area contributed by atoms with E-state index < -0.39 is 32.0 Å². The lowest BCUT2D eigenvalue weighted by molar-refractivity contribution is -0.0155. The molecule has 3 aromatic carbocycles. The number of hydroxylamine groups is 2. The van der Waals surface area contributed by atoms with E-state index in [9.17, 15) is 26.4 Å². The zero-order valence-corrected chi connectivity index (χ0v) is 20.3. The maximum absolute atomic E-state index is 13.3. The van der Waals surface area contributed by atoms with Gasteiger partial charge >= 0.3 is 10.1 Å². The first-order valence-corrected chi connectivity index (χ1v) is 13.6. The minimum absolute atomic E-state index is 0.0660. The number of imide groups is 1. The number of morpholine rings is 1. The lowest BCUT2D eigenvalue weighted by atomic mass is 9.95. The molecule has 3 aromatic rings. The van der Waals surface area contributed by atoms with E-state index in [2.05, 4.69) is 0 Å². The second kappa shape index (κ2) is 8.66. The molecule has 0 unspecified atom stereocenters. The first-order chi connectivity index (χ1) is 16.6. The summed E-state index contributed by atoms with van der Waals surface area (Å²) in [4.78, 5) is 25.9. The quantitative estimate of drug-likeness (QED) is 0.455. The Balaban J connectivity index is 1.58. The van der Waals surface area contributed by atoms with E-state index in [-0.39, 0.29) is 68.1 Å². The van der Waals surface area contributed by atoms with E-state index in [0.29, 0.717) is 0 Å². The third kappa shape index (κ3) is 4.01. The molecule has 2 aliphatic rings. The molecule has 0 N–H and O–H groups in total. The second-order valence-corrected chi connectivity index (χ2v) is 11.6. The van der Waals surface area contributed by atoms with Gasteiger partial charge in [-0.3, -0.25) is 9.59 Å². The standard InChI is InChI=1S/C22H17ClN2O8S2/c23-14-4-6-15(7-5-14)35(30,31)33-25-21(26)17-3-1-2-16-19(9-8-18(20(16)17)22(25)27)34(28,29)24-10-12-32-13-11-24/h1-9H,10-13H2. The van der Waals surface area contributed by atoms with Crippen LogP contribution in [-0.2, 0) is 29.2 Å². The number of sulfonamides is 1.